The van der Waals surface area contributed by atoms with Gasteiger partial charge in [-0.05, 0) is 130 Å². The Kier molecular flexibility index (Phi) is 8.54. The second kappa shape index (κ2) is 11.6. The number of carbonyl (C=O) groups excluding carboxylic acids is 1. The maximum Gasteiger partial charge on any atom is 0.266 e. The van der Waals surface area contributed by atoms with Gasteiger partial charge in [-0.3, -0.25) is 9.69 Å². The van der Waals surface area contributed by atoms with Crippen molar-refractivity contribution in [1.29, 1.82) is 0 Å². The molecule has 5 nitrogen and oxygen atoms in total. The van der Waals surface area contributed by atoms with E-state index in [1.807, 2.05) is 55.5 Å². The van der Waals surface area contributed by atoms with E-state index in [-0.39, 0.29) is 5.91 Å². The number of aliphatic imine (C=N–C) groups is 1. The first-order valence-electron chi connectivity index (χ1n) is 10.6. The quantitative estimate of drug-likeness (QED) is 0.195. The molecule has 0 spiro atoms. The summed E-state index contributed by atoms with van der Waals surface area (Å²) in [6.07, 6.45) is 1.91. The second-order valence-electron chi connectivity index (χ2n) is 7.36. The molecular formula is C26H22I2N2O3S. The van der Waals surface area contributed by atoms with Crippen LogP contribution in [0.15, 0.2) is 76.6 Å². The minimum atomic E-state index is -0.0335. The maximum atomic E-state index is 13.0. The van der Waals surface area contributed by atoms with Crippen molar-refractivity contribution in [3.05, 3.63) is 89.9 Å². The van der Waals surface area contributed by atoms with Gasteiger partial charge in [-0.1, -0.05) is 18.2 Å². The summed E-state index contributed by atoms with van der Waals surface area (Å²) in [7, 11) is 1.63. The second-order valence-corrected chi connectivity index (χ2v) is 10.8. The van der Waals surface area contributed by atoms with Crippen molar-refractivity contribution >= 4 is 79.8 Å². The summed E-state index contributed by atoms with van der Waals surface area (Å²) in [5.41, 5.74) is 2.85. The molecule has 0 aliphatic carbocycles. The number of rotatable bonds is 7. The number of methoxy groups -OCH3 is 1. The number of amides is 1. The number of carbonyl (C=O) groups is 1. The van der Waals surface area contributed by atoms with Crippen LogP contribution < -0.4 is 9.47 Å². The van der Waals surface area contributed by atoms with E-state index in [0.29, 0.717) is 23.2 Å². The number of benzene rings is 3. The van der Waals surface area contributed by atoms with E-state index in [2.05, 4.69) is 74.4 Å². The monoisotopic (exact) mass is 696 g/mol. The van der Waals surface area contributed by atoms with Crippen molar-refractivity contribution in [2.75, 3.05) is 13.7 Å². The van der Waals surface area contributed by atoms with Gasteiger partial charge in [-0.2, -0.15) is 0 Å². The Hall–Kier alpha value is -2.05. The van der Waals surface area contributed by atoms with E-state index in [1.165, 1.54) is 15.3 Å². The summed E-state index contributed by atoms with van der Waals surface area (Å²) < 4.78 is 13.4. The first kappa shape index (κ1) is 25.1. The van der Waals surface area contributed by atoms with Gasteiger partial charge >= 0.3 is 0 Å². The third-order valence-corrected chi connectivity index (χ3v) is 7.63. The highest BCUT2D eigenvalue weighted by atomic mass is 127. The highest BCUT2D eigenvalue weighted by Crippen LogP contribution is 2.35. The van der Waals surface area contributed by atoms with Crippen LogP contribution in [0.4, 0.5) is 5.69 Å². The highest BCUT2D eigenvalue weighted by molar-refractivity contribution is 14.1. The van der Waals surface area contributed by atoms with E-state index in [0.717, 1.165) is 31.9 Å². The van der Waals surface area contributed by atoms with E-state index in [1.54, 1.807) is 12.0 Å². The number of halogens is 2. The standard InChI is InChI=1S/C26H22I2N2O3S/c1-3-30-25(31)24(34-26(30)29-20-9-11-21(32-2)12-10-20)15-18-6-13-23(22(28)14-18)33-16-17-4-7-19(27)8-5-17/h4-15H,3,16H2,1-2H3/b24-15+,29-26?. The van der Waals surface area contributed by atoms with Gasteiger partial charge < -0.3 is 9.47 Å². The summed E-state index contributed by atoms with van der Waals surface area (Å²) in [5, 5.41) is 0.677. The summed E-state index contributed by atoms with van der Waals surface area (Å²) in [6.45, 7) is 3.02. The minimum absolute atomic E-state index is 0.0335. The van der Waals surface area contributed by atoms with Crippen LogP contribution >= 0.6 is 56.9 Å². The van der Waals surface area contributed by atoms with Crippen molar-refractivity contribution in [3.8, 4) is 11.5 Å². The molecule has 1 aliphatic rings. The van der Waals surface area contributed by atoms with Crippen molar-refractivity contribution in [1.82, 2.24) is 4.90 Å². The molecule has 4 rings (SSSR count). The zero-order valence-electron chi connectivity index (χ0n) is 18.6. The average molecular weight is 696 g/mol. The molecule has 0 radical (unpaired) electrons. The van der Waals surface area contributed by atoms with Crippen LogP contribution in [-0.4, -0.2) is 29.6 Å². The fourth-order valence-corrected chi connectivity index (χ4v) is 5.37. The third kappa shape index (κ3) is 6.14. The SMILES string of the molecule is CCN1C(=O)/C(=C\c2ccc(OCc3ccc(I)cc3)c(I)c2)SC1=Nc1ccc(OC)cc1. The Morgan fingerprint density at radius 3 is 2.41 bits per heavy atom. The minimum Gasteiger partial charge on any atom is -0.497 e. The molecule has 0 aromatic heterocycles. The first-order valence-corrected chi connectivity index (χ1v) is 13.5. The summed E-state index contributed by atoms with van der Waals surface area (Å²) in [5.74, 6) is 1.56. The van der Waals surface area contributed by atoms with Crippen LogP contribution in [0.25, 0.3) is 6.08 Å². The van der Waals surface area contributed by atoms with Crippen LogP contribution in [0.2, 0.25) is 0 Å². The van der Waals surface area contributed by atoms with Gasteiger partial charge in [0.15, 0.2) is 5.17 Å². The average Bonchev–Trinajstić information content (AvgIpc) is 3.13. The van der Waals surface area contributed by atoms with E-state index in [4.69, 9.17) is 9.47 Å². The van der Waals surface area contributed by atoms with Crippen LogP contribution in [0.1, 0.15) is 18.1 Å². The molecule has 0 N–H and O–H groups in total. The van der Waals surface area contributed by atoms with Gasteiger partial charge in [0, 0.05) is 10.1 Å². The number of amidine groups is 1. The molecule has 1 amide bonds. The van der Waals surface area contributed by atoms with Crippen molar-refractivity contribution in [3.63, 3.8) is 0 Å². The molecule has 0 bridgehead atoms. The molecule has 0 atom stereocenters. The summed E-state index contributed by atoms with van der Waals surface area (Å²) in [4.78, 5) is 20.0. The largest absolute Gasteiger partial charge is 0.497 e. The van der Waals surface area contributed by atoms with Gasteiger partial charge in [-0.15, -0.1) is 0 Å². The van der Waals surface area contributed by atoms with Crippen molar-refractivity contribution in [2.24, 2.45) is 4.99 Å². The zero-order chi connectivity index (χ0) is 24.1. The van der Waals surface area contributed by atoms with Crippen LogP contribution in [0.3, 0.4) is 0 Å². The molecule has 174 valence electrons. The summed E-state index contributed by atoms with van der Waals surface area (Å²) in [6, 6.07) is 21.7. The van der Waals surface area contributed by atoms with E-state index < -0.39 is 0 Å². The Morgan fingerprint density at radius 2 is 1.76 bits per heavy atom. The molecule has 0 saturated carbocycles. The van der Waals surface area contributed by atoms with Gasteiger partial charge in [0.25, 0.3) is 5.91 Å². The normalized spacial score (nSPS) is 15.9. The highest BCUT2D eigenvalue weighted by Gasteiger charge is 2.32. The number of nitrogens with zero attached hydrogens (tertiary/aromatic N) is 2. The molecule has 3 aromatic carbocycles. The molecule has 1 saturated heterocycles. The number of hydrogen-bond acceptors (Lipinski definition) is 5. The number of ether oxygens (including phenoxy) is 2. The van der Waals surface area contributed by atoms with Crippen LogP contribution in [0.5, 0.6) is 11.5 Å². The Balaban J connectivity index is 1.49. The molecule has 34 heavy (non-hydrogen) atoms. The molecule has 1 aliphatic heterocycles. The lowest BCUT2D eigenvalue weighted by atomic mass is 10.2. The molecule has 3 aromatic rings. The number of hydrogen-bond donors (Lipinski definition) is 0. The smallest absolute Gasteiger partial charge is 0.266 e. The Bertz CT molecular complexity index is 1240. The molecule has 8 heteroatoms. The lowest BCUT2D eigenvalue weighted by Gasteiger charge is -2.12. The molecule has 0 unspecified atom stereocenters. The number of likely N-dealkylation sites (N-methyl/N-ethyl adjacent to an activating group) is 1. The molecular weight excluding hydrogens is 674 g/mol. The first-order chi connectivity index (χ1) is 16.5. The van der Waals surface area contributed by atoms with Gasteiger partial charge in [0.05, 0.1) is 21.3 Å². The van der Waals surface area contributed by atoms with E-state index >= 15 is 0 Å². The topological polar surface area (TPSA) is 51.1 Å². The predicted molar refractivity (Wildman–Crippen MR) is 156 cm³/mol. The van der Waals surface area contributed by atoms with Crippen LogP contribution in [-0.2, 0) is 11.4 Å². The summed E-state index contributed by atoms with van der Waals surface area (Å²) >= 11 is 5.95. The lowest BCUT2D eigenvalue weighted by Crippen LogP contribution is -2.28. The maximum absolute atomic E-state index is 13.0. The number of thioether (sulfide) groups is 1. The Morgan fingerprint density at radius 1 is 1.03 bits per heavy atom. The van der Waals surface area contributed by atoms with E-state index in [9.17, 15) is 4.79 Å². The lowest BCUT2D eigenvalue weighted by molar-refractivity contribution is -0.122. The molecule has 1 heterocycles. The fourth-order valence-electron chi connectivity index (χ4n) is 3.25. The van der Waals surface area contributed by atoms with Gasteiger partial charge in [0.1, 0.15) is 18.1 Å². The van der Waals surface area contributed by atoms with Crippen molar-refractivity contribution < 1.29 is 14.3 Å². The van der Waals surface area contributed by atoms with Crippen LogP contribution in [0, 0.1) is 7.14 Å². The Labute approximate surface area is 230 Å². The van der Waals surface area contributed by atoms with Gasteiger partial charge in [-0.25, -0.2) is 4.99 Å². The zero-order valence-corrected chi connectivity index (χ0v) is 23.8. The third-order valence-electron chi connectivity index (χ3n) is 5.06. The van der Waals surface area contributed by atoms with Crippen molar-refractivity contribution in [2.45, 2.75) is 13.5 Å². The molecule has 1 fully saturated rings. The predicted octanol–water partition coefficient (Wildman–Crippen LogP) is 7.11. The van der Waals surface area contributed by atoms with Gasteiger partial charge in [0.2, 0.25) is 0 Å². The fraction of sp³-hybridized carbons (Fsp3) is 0.154.